The standard InChI is InChI=1S/C19H22ClN3O2S/c1-12(18(24)21-13-6-7-13)22-8-10-23(11-9-22)19(25)17-16(20)14-4-2-3-5-15(14)26-17/h2-5,12-13H,6-11H2,1H3,(H,21,24). The van der Waals surface area contributed by atoms with Crippen molar-refractivity contribution in [1.82, 2.24) is 15.1 Å². The molecule has 0 bridgehead atoms. The lowest BCUT2D eigenvalue weighted by Gasteiger charge is -2.37. The average molecular weight is 392 g/mol. The number of carbonyl (C=O) groups is 2. The lowest BCUT2D eigenvalue weighted by molar-refractivity contribution is -0.126. The number of hydrogen-bond acceptors (Lipinski definition) is 4. The molecule has 2 aliphatic rings. The van der Waals surface area contributed by atoms with Gasteiger partial charge in [-0.15, -0.1) is 11.3 Å². The van der Waals surface area contributed by atoms with Crippen LogP contribution in [0.3, 0.4) is 0 Å². The summed E-state index contributed by atoms with van der Waals surface area (Å²) in [5, 5.41) is 4.54. The summed E-state index contributed by atoms with van der Waals surface area (Å²) >= 11 is 7.90. The first-order chi connectivity index (χ1) is 12.5. The van der Waals surface area contributed by atoms with E-state index >= 15 is 0 Å². The predicted molar refractivity (Wildman–Crippen MR) is 105 cm³/mol. The van der Waals surface area contributed by atoms with Gasteiger partial charge in [-0.2, -0.15) is 0 Å². The smallest absolute Gasteiger partial charge is 0.265 e. The molecule has 1 saturated heterocycles. The largest absolute Gasteiger partial charge is 0.352 e. The second-order valence-electron chi connectivity index (χ2n) is 7.03. The highest BCUT2D eigenvalue weighted by Gasteiger charge is 2.32. The van der Waals surface area contributed by atoms with Gasteiger partial charge in [0.05, 0.1) is 11.1 Å². The first kappa shape index (κ1) is 17.8. The maximum atomic E-state index is 12.9. The molecular formula is C19H22ClN3O2S. The lowest BCUT2D eigenvalue weighted by atomic mass is 10.2. The van der Waals surface area contributed by atoms with Crippen LogP contribution in [0.4, 0.5) is 0 Å². The molecule has 138 valence electrons. The van der Waals surface area contributed by atoms with E-state index in [-0.39, 0.29) is 17.9 Å². The number of nitrogens with one attached hydrogen (secondary N) is 1. The van der Waals surface area contributed by atoms with Crippen molar-refractivity contribution >= 4 is 44.8 Å². The van der Waals surface area contributed by atoms with Crippen molar-refractivity contribution in [2.24, 2.45) is 0 Å². The molecule has 2 amide bonds. The van der Waals surface area contributed by atoms with Crippen molar-refractivity contribution in [1.29, 1.82) is 0 Å². The summed E-state index contributed by atoms with van der Waals surface area (Å²) < 4.78 is 1.03. The second-order valence-corrected chi connectivity index (χ2v) is 8.46. The maximum Gasteiger partial charge on any atom is 0.265 e. The molecule has 1 aromatic heterocycles. The molecule has 5 nitrogen and oxygen atoms in total. The van der Waals surface area contributed by atoms with Crippen LogP contribution in [0.25, 0.3) is 10.1 Å². The van der Waals surface area contributed by atoms with E-state index in [1.165, 1.54) is 11.3 Å². The van der Waals surface area contributed by atoms with Crippen molar-refractivity contribution in [2.75, 3.05) is 26.2 Å². The lowest BCUT2D eigenvalue weighted by Crippen LogP contribution is -2.55. The van der Waals surface area contributed by atoms with Gasteiger partial charge in [0, 0.05) is 42.3 Å². The molecule has 26 heavy (non-hydrogen) atoms. The molecule has 2 aromatic rings. The molecule has 1 aliphatic carbocycles. The van der Waals surface area contributed by atoms with E-state index in [9.17, 15) is 9.59 Å². The number of halogens is 1. The molecule has 0 spiro atoms. The van der Waals surface area contributed by atoms with E-state index in [1.54, 1.807) is 0 Å². The molecule has 2 fully saturated rings. The molecule has 7 heteroatoms. The van der Waals surface area contributed by atoms with Gasteiger partial charge < -0.3 is 10.2 Å². The summed E-state index contributed by atoms with van der Waals surface area (Å²) in [6, 6.07) is 8.05. The second kappa shape index (κ2) is 7.18. The van der Waals surface area contributed by atoms with Gasteiger partial charge in [0.1, 0.15) is 4.88 Å². The molecule has 1 atom stereocenters. The van der Waals surface area contributed by atoms with Crippen molar-refractivity contribution in [3.05, 3.63) is 34.2 Å². The molecule has 2 heterocycles. The zero-order chi connectivity index (χ0) is 18.3. The van der Waals surface area contributed by atoms with Gasteiger partial charge in [0.2, 0.25) is 5.91 Å². The summed E-state index contributed by atoms with van der Waals surface area (Å²) in [6.07, 6.45) is 2.19. The molecule has 1 saturated carbocycles. The zero-order valence-corrected chi connectivity index (χ0v) is 16.3. The first-order valence-electron chi connectivity index (χ1n) is 9.05. The summed E-state index contributed by atoms with van der Waals surface area (Å²) in [5.41, 5.74) is 0. The Morgan fingerprint density at radius 3 is 2.54 bits per heavy atom. The highest BCUT2D eigenvalue weighted by Crippen LogP contribution is 2.36. The topological polar surface area (TPSA) is 52.7 Å². The number of nitrogens with zero attached hydrogens (tertiary/aromatic N) is 2. The van der Waals surface area contributed by atoms with Gasteiger partial charge >= 0.3 is 0 Å². The number of hydrogen-bond donors (Lipinski definition) is 1. The van der Waals surface area contributed by atoms with Crippen LogP contribution < -0.4 is 5.32 Å². The number of thiophene rings is 1. The molecule has 1 aliphatic heterocycles. The Balaban J connectivity index is 1.39. The van der Waals surface area contributed by atoms with E-state index in [0.29, 0.717) is 42.1 Å². The van der Waals surface area contributed by atoms with Gasteiger partial charge in [0.15, 0.2) is 0 Å². The summed E-state index contributed by atoms with van der Waals surface area (Å²) in [5.74, 6) is 0.0887. The minimum Gasteiger partial charge on any atom is -0.352 e. The van der Waals surface area contributed by atoms with Gasteiger partial charge in [-0.1, -0.05) is 29.8 Å². The fourth-order valence-electron chi connectivity index (χ4n) is 3.32. The van der Waals surface area contributed by atoms with Crippen LogP contribution in [0, 0.1) is 0 Å². The third-order valence-electron chi connectivity index (χ3n) is 5.18. The molecular weight excluding hydrogens is 370 g/mol. The van der Waals surface area contributed by atoms with E-state index in [4.69, 9.17) is 11.6 Å². The Hall–Kier alpha value is -1.63. The van der Waals surface area contributed by atoms with Crippen molar-refractivity contribution in [2.45, 2.75) is 31.8 Å². The SMILES string of the molecule is CC(C(=O)NC1CC1)N1CCN(C(=O)c2sc3ccccc3c2Cl)CC1. The number of fused-ring (bicyclic) bond motifs is 1. The number of amides is 2. The zero-order valence-electron chi connectivity index (χ0n) is 14.7. The first-order valence-corrected chi connectivity index (χ1v) is 10.2. The van der Waals surface area contributed by atoms with Gasteiger partial charge in [-0.05, 0) is 25.8 Å². The highest BCUT2D eigenvalue weighted by molar-refractivity contribution is 7.21. The highest BCUT2D eigenvalue weighted by atomic mass is 35.5. The fraction of sp³-hybridized carbons (Fsp3) is 0.474. The van der Waals surface area contributed by atoms with Crippen LogP contribution in [0.1, 0.15) is 29.4 Å². The minimum absolute atomic E-state index is 0.00839. The third kappa shape index (κ3) is 3.46. The summed E-state index contributed by atoms with van der Waals surface area (Å²) in [6.45, 7) is 4.58. The third-order valence-corrected chi connectivity index (χ3v) is 6.84. The number of piperazine rings is 1. The average Bonchev–Trinajstić information content (AvgIpc) is 3.42. The number of rotatable bonds is 4. The van der Waals surface area contributed by atoms with Crippen molar-refractivity contribution in [3.8, 4) is 0 Å². The van der Waals surface area contributed by atoms with Crippen LogP contribution >= 0.6 is 22.9 Å². The Morgan fingerprint density at radius 2 is 1.88 bits per heavy atom. The van der Waals surface area contributed by atoms with E-state index in [1.807, 2.05) is 36.1 Å². The monoisotopic (exact) mass is 391 g/mol. The van der Waals surface area contributed by atoms with Crippen LogP contribution in [0.2, 0.25) is 5.02 Å². The Morgan fingerprint density at radius 1 is 1.19 bits per heavy atom. The number of carbonyl (C=O) groups excluding carboxylic acids is 2. The molecule has 1 unspecified atom stereocenters. The van der Waals surface area contributed by atoms with Crippen molar-refractivity contribution < 1.29 is 9.59 Å². The van der Waals surface area contributed by atoms with Gasteiger partial charge in [0.25, 0.3) is 5.91 Å². The van der Waals surface area contributed by atoms with Crippen LogP contribution in [-0.4, -0.2) is 59.9 Å². The van der Waals surface area contributed by atoms with Crippen molar-refractivity contribution in [3.63, 3.8) is 0 Å². The Bertz CT molecular complexity index is 840. The fourth-order valence-corrected chi connectivity index (χ4v) is 4.80. The minimum atomic E-state index is -0.152. The predicted octanol–water partition coefficient (Wildman–Crippen LogP) is 2.98. The normalized spacial score (nSPS) is 19.5. The van der Waals surface area contributed by atoms with E-state index < -0.39 is 0 Å². The Kier molecular flexibility index (Phi) is 4.90. The molecule has 1 N–H and O–H groups in total. The molecule has 4 rings (SSSR count). The van der Waals surface area contributed by atoms with Crippen LogP contribution in [0.15, 0.2) is 24.3 Å². The summed E-state index contributed by atoms with van der Waals surface area (Å²) in [7, 11) is 0. The quantitative estimate of drug-likeness (QED) is 0.871. The Labute approximate surface area is 161 Å². The van der Waals surface area contributed by atoms with Crippen LogP contribution in [0.5, 0.6) is 0 Å². The van der Waals surface area contributed by atoms with E-state index in [2.05, 4.69) is 10.2 Å². The molecule has 0 radical (unpaired) electrons. The number of benzene rings is 1. The van der Waals surface area contributed by atoms with Gasteiger partial charge in [-0.25, -0.2) is 0 Å². The maximum absolute atomic E-state index is 12.9. The van der Waals surface area contributed by atoms with Gasteiger partial charge in [-0.3, -0.25) is 14.5 Å². The van der Waals surface area contributed by atoms with E-state index in [0.717, 1.165) is 22.9 Å². The summed E-state index contributed by atoms with van der Waals surface area (Å²) in [4.78, 5) is 29.7. The molecule has 1 aromatic carbocycles. The van der Waals surface area contributed by atoms with Crippen LogP contribution in [-0.2, 0) is 4.79 Å².